The number of hydrogen-bond donors (Lipinski definition) is 11. The highest BCUT2D eigenvalue weighted by Gasteiger charge is 2.45. The summed E-state index contributed by atoms with van der Waals surface area (Å²) < 4.78 is 52.1. The van der Waals surface area contributed by atoms with Crippen molar-refractivity contribution in [1.29, 1.82) is 0 Å². The van der Waals surface area contributed by atoms with Gasteiger partial charge in [0.2, 0.25) is 11.8 Å². The fourth-order valence-corrected chi connectivity index (χ4v) is 10.8. The summed E-state index contributed by atoms with van der Waals surface area (Å²) in [5.41, 5.74) is -0.645. The van der Waals surface area contributed by atoms with Gasteiger partial charge in [0.05, 0.1) is 77.8 Å². The Labute approximate surface area is 532 Å². The van der Waals surface area contributed by atoms with Gasteiger partial charge in [-0.15, -0.1) is 0 Å². The molecule has 3 saturated heterocycles. The molecular formula is C64H114N2O24. The molecule has 26 nitrogen and oxygen atoms in total. The minimum atomic E-state index is -1.21. The summed E-state index contributed by atoms with van der Waals surface area (Å²) in [6.07, 6.45) is -0.125. The molecule has 3 aliphatic rings. The lowest BCUT2D eigenvalue weighted by Gasteiger charge is -2.40. The molecule has 15 atom stereocenters. The lowest BCUT2D eigenvalue weighted by Crippen LogP contribution is -2.55. The molecule has 0 aromatic heterocycles. The van der Waals surface area contributed by atoms with Gasteiger partial charge in [-0.2, -0.15) is 0 Å². The molecule has 90 heavy (non-hydrogen) atoms. The average Bonchev–Trinajstić information content (AvgIpc) is 2.36. The topological polar surface area (TPSA) is 392 Å². The molecule has 2 amide bonds. The predicted octanol–water partition coefficient (Wildman–Crippen LogP) is 2.19. The first-order valence-corrected chi connectivity index (χ1v) is 33.3. The summed E-state index contributed by atoms with van der Waals surface area (Å²) in [5.74, 6) is -1.47. The van der Waals surface area contributed by atoms with Crippen LogP contribution in [0.15, 0.2) is 0 Å². The van der Waals surface area contributed by atoms with Gasteiger partial charge < -0.3 is 99.2 Å². The molecule has 524 valence electrons. The number of Topliss-reactive ketones (excluding diaryl/α,β-unsaturated/α-hetero) is 4. The van der Waals surface area contributed by atoms with Gasteiger partial charge >= 0.3 is 0 Å². The van der Waals surface area contributed by atoms with Crippen LogP contribution < -0.4 is 10.6 Å². The van der Waals surface area contributed by atoms with Gasteiger partial charge in [-0.25, -0.2) is 0 Å². The van der Waals surface area contributed by atoms with Crippen LogP contribution in [0.1, 0.15) is 182 Å². The van der Waals surface area contributed by atoms with Crippen molar-refractivity contribution in [2.45, 2.75) is 256 Å². The number of aliphatic hydroxyl groups is 9. The Bertz CT molecular complexity index is 1770. The van der Waals surface area contributed by atoms with E-state index in [-0.39, 0.29) is 107 Å². The molecule has 15 unspecified atom stereocenters. The lowest BCUT2D eigenvalue weighted by atomic mass is 9.88. The largest absolute Gasteiger partial charge is 0.394 e. The van der Waals surface area contributed by atoms with Crippen LogP contribution in [0.4, 0.5) is 0 Å². The number of ketones is 4. The fraction of sp³-hybridized carbons (Fsp3) is 0.906. The molecule has 3 rings (SSSR count). The molecule has 3 fully saturated rings. The number of ether oxygens (including phenoxy) is 9. The third-order valence-corrected chi connectivity index (χ3v) is 17.2. The third kappa shape index (κ3) is 31.4. The number of carbonyl (C=O) groups is 6. The Morgan fingerprint density at radius 3 is 0.978 bits per heavy atom. The van der Waals surface area contributed by atoms with Crippen LogP contribution in [-0.4, -0.2) is 247 Å². The van der Waals surface area contributed by atoms with Gasteiger partial charge in [-0.05, 0) is 77.0 Å². The van der Waals surface area contributed by atoms with Gasteiger partial charge in [-0.1, -0.05) is 40.5 Å². The van der Waals surface area contributed by atoms with E-state index in [1.807, 2.05) is 6.92 Å². The van der Waals surface area contributed by atoms with Gasteiger partial charge in [0.1, 0.15) is 59.8 Å². The second kappa shape index (κ2) is 46.9. The number of aliphatic hydroxyl groups excluding tert-OH is 9. The lowest BCUT2D eigenvalue weighted by molar-refractivity contribution is -0.282. The summed E-state index contributed by atoms with van der Waals surface area (Å²) in [5, 5.41) is 94.7. The monoisotopic (exact) mass is 1290 g/mol. The van der Waals surface area contributed by atoms with E-state index in [0.29, 0.717) is 142 Å². The second-order valence-electron chi connectivity index (χ2n) is 24.8. The first-order chi connectivity index (χ1) is 43.2. The molecule has 26 heteroatoms. The summed E-state index contributed by atoms with van der Waals surface area (Å²) in [4.78, 5) is 75.8. The Kier molecular flexibility index (Phi) is 42.3. The van der Waals surface area contributed by atoms with Gasteiger partial charge in [0, 0.05) is 120 Å². The fourth-order valence-electron chi connectivity index (χ4n) is 10.8. The van der Waals surface area contributed by atoms with Crippen LogP contribution >= 0.6 is 0 Å². The smallest absolute Gasteiger partial charge is 0.222 e. The molecule has 0 aromatic rings. The van der Waals surface area contributed by atoms with Crippen LogP contribution in [0.2, 0.25) is 0 Å². The van der Waals surface area contributed by atoms with E-state index in [0.717, 1.165) is 12.8 Å². The number of amides is 2. The summed E-state index contributed by atoms with van der Waals surface area (Å²) in [6.45, 7) is 8.37. The second-order valence-corrected chi connectivity index (χ2v) is 24.8. The van der Waals surface area contributed by atoms with E-state index < -0.39 is 117 Å². The molecule has 0 bridgehead atoms. The van der Waals surface area contributed by atoms with Crippen LogP contribution in [0, 0.1) is 23.2 Å². The average molecular weight is 1300 g/mol. The minimum absolute atomic E-state index is 0.0456. The summed E-state index contributed by atoms with van der Waals surface area (Å²) in [7, 11) is 0. The molecular weight excluding hydrogens is 1180 g/mol. The Hall–Kier alpha value is -3.10. The van der Waals surface area contributed by atoms with Crippen molar-refractivity contribution >= 4 is 34.9 Å². The number of carbonyl (C=O) groups excluding carboxylic acids is 6. The SMILES string of the molecule is CCC(COCCC(=O)CCCCCC(=O)CCCCOC1OC(CO)C(O)C(O)C1C)(COCCC(=O)CCCCCC(=O)CCCCOC1OC(CO)C(O)C(O)C1C)COCCC(=O)NCCCNC(=O)CCCCOC1OC(CO)C(O)C(O)C1C. The van der Waals surface area contributed by atoms with Crippen molar-refractivity contribution in [3.05, 3.63) is 0 Å². The van der Waals surface area contributed by atoms with Gasteiger partial charge in [0.15, 0.2) is 18.9 Å². The Morgan fingerprint density at radius 2 is 0.656 bits per heavy atom. The highest BCUT2D eigenvalue weighted by Crippen LogP contribution is 2.30. The van der Waals surface area contributed by atoms with Crippen LogP contribution in [0.3, 0.4) is 0 Å². The first kappa shape index (κ1) is 81.1. The zero-order valence-corrected chi connectivity index (χ0v) is 54.2. The standard InChI is InChI=1S/C64H114N2O24/c1-5-64(40-82-34-26-48(72)21-10-6-8-19-46(70)23-12-15-31-85-61-43(2)55(76)58(79)50(37-67)88-61,41-83-35-27-49(73)22-11-7-9-20-47(71)24-13-16-32-86-62-44(3)56(77)59(80)51(38-68)89-62)42-84-36-28-54(75)66-30-18-29-65-53(74)25-14-17-33-87-63-45(4)57(78)60(81)52(39-69)90-63/h43-45,50-52,55-63,67-69,76-81H,5-42H2,1-4H3,(H,65,74)(H,66,75). The van der Waals surface area contributed by atoms with E-state index >= 15 is 0 Å². The van der Waals surface area contributed by atoms with E-state index in [9.17, 15) is 74.7 Å². The minimum Gasteiger partial charge on any atom is -0.394 e. The first-order valence-electron chi connectivity index (χ1n) is 33.3. The zero-order chi connectivity index (χ0) is 66.3. The molecule has 0 aliphatic carbocycles. The number of unbranched alkanes of at least 4 members (excludes halogenated alkanes) is 7. The van der Waals surface area contributed by atoms with E-state index in [1.54, 1.807) is 20.8 Å². The van der Waals surface area contributed by atoms with Crippen LogP contribution in [-0.2, 0) is 71.4 Å². The maximum atomic E-state index is 12.8. The molecule has 0 spiro atoms. The number of hydrogen-bond acceptors (Lipinski definition) is 24. The summed E-state index contributed by atoms with van der Waals surface area (Å²) >= 11 is 0. The molecule has 0 radical (unpaired) electrons. The third-order valence-electron chi connectivity index (χ3n) is 17.2. The van der Waals surface area contributed by atoms with Crippen molar-refractivity contribution in [1.82, 2.24) is 10.6 Å². The number of rotatable bonds is 53. The highest BCUT2D eigenvalue weighted by atomic mass is 16.7. The van der Waals surface area contributed by atoms with Crippen molar-refractivity contribution < 1.29 is 117 Å². The molecule has 3 heterocycles. The van der Waals surface area contributed by atoms with E-state index in [1.165, 1.54) is 0 Å². The summed E-state index contributed by atoms with van der Waals surface area (Å²) in [6, 6.07) is 0. The van der Waals surface area contributed by atoms with Gasteiger partial charge in [-0.3, -0.25) is 28.8 Å². The van der Waals surface area contributed by atoms with E-state index in [2.05, 4.69) is 10.6 Å². The molecule has 11 N–H and O–H groups in total. The molecule has 0 saturated carbocycles. The van der Waals surface area contributed by atoms with E-state index in [4.69, 9.17) is 42.6 Å². The Balaban J connectivity index is 1.32. The number of nitrogens with one attached hydrogen (secondary N) is 2. The highest BCUT2D eigenvalue weighted by molar-refractivity contribution is 5.80. The van der Waals surface area contributed by atoms with Crippen LogP contribution in [0.25, 0.3) is 0 Å². The Morgan fingerprint density at radius 1 is 0.367 bits per heavy atom. The maximum absolute atomic E-state index is 12.8. The molecule has 3 aliphatic heterocycles. The normalized spacial score (nSPS) is 27.7. The van der Waals surface area contributed by atoms with Crippen molar-refractivity contribution in [3.8, 4) is 0 Å². The predicted molar refractivity (Wildman–Crippen MR) is 326 cm³/mol. The quantitative estimate of drug-likeness (QED) is 0.0389. The zero-order valence-electron chi connectivity index (χ0n) is 54.2. The molecule has 0 aromatic carbocycles. The van der Waals surface area contributed by atoms with Crippen LogP contribution in [0.5, 0.6) is 0 Å². The van der Waals surface area contributed by atoms with Crippen molar-refractivity contribution in [2.75, 3.05) is 92.4 Å². The van der Waals surface area contributed by atoms with Gasteiger partial charge in [0.25, 0.3) is 0 Å². The van der Waals surface area contributed by atoms with Crippen molar-refractivity contribution in [3.63, 3.8) is 0 Å². The maximum Gasteiger partial charge on any atom is 0.222 e. The van der Waals surface area contributed by atoms with Crippen molar-refractivity contribution in [2.24, 2.45) is 23.2 Å².